The molecule has 0 saturated carbocycles. The van der Waals surface area contributed by atoms with Crippen LogP contribution in [0.5, 0.6) is 0 Å². The van der Waals surface area contributed by atoms with Crippen molar-refractivity contribution in [3.8, 4) is 0 Å². The number of hydrogen-bond donors (Lipinski definition) is 1. The van der Waals surface area contributed by atoms with E-state index >= 15 is 0 Å². The van der Waals surface area contributed by atoms with Gasteiger partial charge in [0.05, 0.1) is 25.5 Å². The molecule has 1 saturated heterocycles. The summed E-state index contributed by atoms with van der Waals surface area (Å²) in [7, 11) is 0. The number of fused-ring (bicyclic) bond motifs is 1. The first-order chi connectivity index (χ1) is 13.2. The molecular weight excluding hydrogens is 346 g/mol. The van der Waals surface area contributed by atoms with E-state index in [1.807, 2.05) is 6.07 Å². The molecule has 4 rings (SSSR count). The molecule has 0 radical (unpaired) electrons. The molecule has 27 heavy (non-hydrogen) atoms. The second-order valence-corrected chi connectivity index (χ2v) is 6.52. The summed E-state index contributed by atoms with van der Waals surface area (Å²) in [6.45, 7) is 3.75. The molecule has 3 heterocycles. The predicted molar refractivity (Wildman–Crippen MR) is 99.3 cm³/mol. The maximum absolute atomic E-state index is 12.5. The molecule has 8 nitrogen and oxygen atoms in total. The SMILES string of the molecule is O=C(Nc1ccccc1)C(=O)N1CCc2c(ncnc2N2CCOCC2)C1. The highest BCUT2D eigenvalue weighted by atomic mass is 16.5. The molecule has 0 atom stereocenters. The molecule has 0 bridgehead atoms. The summed E-state index contributed by atoms with van der Waals surface area (Å²) in [5, 5.41) is 2.64. The van der Waals surface area contributed by atoms with Crippen LogP contribution >= 0.6 is 0 Å². The van der Waals surface area contributed by atoms with Crippen LogP contribution in [-0.2, 0) is 27.3 Å². The number of hydrogen-bond acceptors (Lipinski definition) is 6. The number of anilines is 2. The molecule has 2 amide bonds. The molecule has 1 N–H and O–H groups in total. The lowest BCUT2D eigenvalue weighted by atomic mass is 10.0. The van der Waals surface area contributed by atoms with E-state index in [4.69, 9.17) is 4.74 Å². The van der Waals surface area contributed by atoms with Gasteiger partial charge in [-0.2, -0.15) is 0 Å². The van der Waals surface area contributed by atoms with E-state index in [1.54, 1.807) is 24.3 Å². The van der Waals surface area contributed by atoms with E-state index in [-0.39, 0.29) is 0 Å². The Morgan fingerprint density at radius 2 is 1.81 bits per heavy atom. The highest BCUT2D eigenvalue weighted by Crippen LogP contribution is 2.26. The standard InChI is InChI=1S/C19H21N5O3/c25-18(22-14-4-2-1-3-5-14)19(26)24-7-6-15-16(12-24)20-13-21-17(15)23-8-10-27-11-9-23/h1-5,13H,6-12H2,(H,22,25). The summed E-state index contributed by atoms with van der Waals surface area (Å²) in [6.07, 6.45) is 2.16. The van der Waals surface area contributed by atoms with Crippen LogP contribution in [0.4, 0.5) is 11.5 Å². The monoisotopic (exact) mass is 367 g/mol. The average molecular weight is 367 g/mol. The first-order valence-corrected chi connectivity index (χ1v) is 9.03. The van der Waals surface area contributed by atoms with Gasteiger partial charge in [0.1, 0.15) is 12.1 Å². The van der Waals surface area contributed by atoms with Crippen molar-refractivity contribution in [3.63, 3.8) is 0 Å². The third-order valence-corrected chi connectivity index (χ3v) is 4.81. The highest BCUT2D eigenvalue weighted by Gasteiger charge is 2.29. The van der Waals surface area contributed by atoms with Crippen molar-refractivity contribution in [1.29, 1.82) is 0 Å². The highest BCUT2D eigenvalue weighted by molar-refractivity contribution is 6.39. The fourth-order valence-electron chi connectivity index (χ4n) is 3.41. The maximum Gasteiger partial charge on any atom is 0.313 e. The summed E-state index contributed by atoms with van der Waals surface area (Å²) in [5.41, 5.74) is 2.47. The van der Waals surface area contributed by atoms with E-state index in [0.29, 0.717) is 38.4 Å². The number of nitrogens with one attached hydrogen (secondary N) is 1. The summed E-state index contributed by atoms with van der Waals surface area (Å²) in [6, 6.07) is 8.96. The van der Waals surface area contributed by atoms with Crippen molar-refractivity contribution in [2.24, 2.45) is 0 Å². The number of morpholine rings is 1. The minimum atomic E-state index is -0.632. The van der Waals surface area contributed by atoms with Gasteiger partial charge >= 0.3 is 11.8 Å². The Morgan fingerprint density at radius 1 is 1.04 bits per heavy atom. The lowest BCUT2D eigenvalue weighted by Gasteiger charge is -2.33. The predicted octanol–water partition coefficient (Wildman–Crippen LogP) is 0.837. The third kappa shape index (κ3) is 3.75. The number of carbonyl (C=O) groups is 2. The summed E-state index contributed by atoms with van der Waals surface area (Å²) in [5.74, 6) is -0.257. The molecule has 1 aromatic heterocycles. The van der Waals surface area contributed by atoms with Gasteiger partial charge in [-0.25, -0.2) is 9.97 Å². The van der Waals surface area contributed by atoms with E-state index in [9.17, 15) is 9.59 Å². The van der Waals surface area contributed by atoms with Crippen molar-refractivity contribution < 1.29 is 14.3 Å². The first-order valence-electron chi connectivity index (χ1n) is 9.03. The largest absolute Gasteiger partial charge is 0.378 e. The van der Waals surface area contributed by atoms with Gasteiger partial charge in [-0.1, -0.05) is 18.2 Å². The Balaban J connectivity index is 1.46. The van der Waals surface area contributed by atoms with Crippen LogP contribution in [0.1, 0.15) is 11.3 Å². The van der Waals surface area contributed by atoms with Crippen LogP contribution in [-0.4, -0.2) is 59.5 Å². The lowest BCUT2D eigenvalue weighted by molar-refractivity contribution is -0.143. The molecular formula is C19H21N5O3. The molecule has 0 unspecified atom stereocenters. The van der Waals surface area contributed by atoms with Gasteiger partial charge in [0.15, 0.2) is 0 Å². The summed E-state index contributed by atoms with van der Waals surface area (Å²) >= 11 is 0. The van der Waals surface area contributed by atoms with Gasteiger partial charge in [0.25, 0.3) is 0 Å². The van der Waals surface area contributed by atoms with Crippen LogP contribution < -0.4 is 10.2 Å². The van der Waals surface area contributed by atoms with Crippen molar-refractivity contribution in [2.75, 3.05) is 43.1 Å². The zero-order valence-electron chi connectivity index (χ0n) is 14.9. The number of ether oxygens (including phenoxy) is 1. The summed E-state index contributed by atoms with van der Waals surface area (Å²) in [4.78, 5) is 37.4. The minimum Gasteiger partial charge on any atom is -0.378 e. The molecule has 2 aromatic rings. The minimum absolute atomic E-state index is 0.316. The first kappa shape index (κ1) is 17.4. The Bertz CT molecular complexity index is 836. The van der Waals surface area contributed by atoms with Crippen molar-refractivity contribution >= 4 is 23.3 Å². The second kappa shape index (κ2) is 7.71. The molecule has 140 valence electrons. The number of rotatable bonds is 2. The zero-order chi connectivity index (χ0) is 18.6. The Labute approximate surface area is 157 Å². The van der Waals surface area contributed by atoms with Crippen molar-refractivity contribution in [2.45, 2.75) is 13.0 Å². The number of benzene rings is 1. The van der Waals surface area contributed by atoms with Crippen LogP contribution in [0, 0.1) is 0 Å². The van der Waals surface area contributed by atoms with E-state index in [0.717, 1.165) is 30.2 Å². The van der Waals surface area contributed by atoms with Crippen LogP contribution in [0.3, 0.4) is 0 Å². The molecule has 8 heteroatoms. The normalized spacial score (nSPS) is 16.6. The van der Waals surface area contributed by atoms with Gasteiger partial charge in [-0.15, -0.1) is 0 Å². The van der Waals surface area contributed by atoms with Gasteiger partial charge in [-0.3, -0.25) is 9.59 Å². The second-order valence-electron chi connectivity index (χ2n) is 6.52. The Kier molecular flexibility index (Phi) is 4.97. The molecule has 0 spiro atoms. The van der Waals surface area contributed by atoms with Crippen LogP contribution in [0.2, 0.25) is 0 Å². The fourth-order valence-corrected chi connectivity index (χ4v) is 3.41. The van der Waals surface area contributed by atoms with E-state index < -0.39 is 11.8 Å². The van der Waals surface area contributed by atoms with Gasteiger partial charge < -0.3 is 19.9 Å². The quantitative estimate of drug-likeness (QED) is 0.792. The van der Waals surface area contributed by atoms with E-state index in [1.165, 1.54) is 11.2 Å². The molecule has 1 aromatic carbocycles. The van der Waals surface area contributed by atoms with Gasteiger partial charge in [0.2, 0.25) is 0 Å². The Hall–Kier alpha value is -3.00. The van der Waals surface area contributed by atoms with Crippen molar-refractivity contribution in [3.05, 3.63) is 47.9 Å². The lowest BCUT2D eigenvalue weighted by Crippen LogP contribution is -2.44. The average Bonchev–Trinajstić information content (AvgIpc) is 2.73. The number of para-hydroxylation sites is 1. The van der Waals surface area contributed by atoms with Crippen LogP contribution in [0.25, 0.3) is 0 Å². The number of amides is 2. The number of carbonyl (C=O) groups excluding carboxylic acids is 2. The number of nitrogens with zero attached hydrogens (tertiary/aromatic N) is 4. The number of aromatic nitrogens is 2. The third-order valence-electron chi connectivity index (χ3n) is 4.81. The molecule has 2 aliphatic heterocycles. The smallest absolute Gasteiger partial charge is 0.313 e. The van der Waals surface area contributed by atoms with Crippen LogP contribution in [0.15, 0.2) is 36.7 Å². The fraction of sp³-hybridized carbons (Fsp3) is 0.368. The molecule has 2 aliphatic rings. The maximum atomic E-state index is 12.5. The van der Waals surface area contributed by atoms with Gasteiger partial charge in [0, 0.05) is 30.9 Å². The zero-order valence-corrected chi connectivity index (χ0v) is 14.9. The Morgan fingerprint density at radius 3 is 2.59 bits per heavy atom. The van der Waals surface area contributed by atoms with Crippen molar-refractivity contribution in [1.82, 2.24) is 14.9 Å². The summed E-state index contributed by atoms with van der Waals surface area (Å²) < 4.78 is 5.41. The topological polar surface area (TPSA) is 87.7 Å². The van der Waals surface area contributed by atoms with Gasteiger partial charge in [-0.05, 0) is 18.6 Å². The van der Waals surface area contributed by atoms with E-state index in [2.05, 4.69) is 20.2 Å². The molecule has 1 fully saturated rings. The molecule has 0 aliphatic carbocycles.